The lowest BCUT2D eigenvalue weighted by atomic mass is 9.95. The van der Waals surface area contributed by atoms with Gasteiger partial charge in [0.05, 0.1) is 37.8 Å². The average Bonchev–Trinajstić information content (AvgIpc) is 3.47. The highest BCUT2D eigenvalue weighted by Gasteiger charge is 2.46. The molecule has 0 bridgehead atoms. The van der Waals surface area contributed by atoms with E-state index in [1.54, 1.807) is 20.8 Å². The Morgan fingerprint density at radius 3 is 2.11 bits per heavy atom. The maximum Gasteiger partial charge on any atom is 0.296 e. The van der Waals surface area contributed by atoms with E-state index in [9.17, 15) is 19.5 Å². The van der Waals surface area contributed by atoms with Gasteiger partial charge in [-0.15, -0.1) is 11.3 Å². The molecule has 3 aromatic rings. The third-order valence-electron chi connectivity index (χ3n) is 6.21. The van der Waals surface area contributed by atoms with Crippen LogP contribution in [0, 0.1) is 20.8 Å². The number of carbonyl (C=O) groups excluding carboxylic acids is 3. The molecule has 1 atom stereocenters. The highest BCUT2D eigenvalue weighted by Crippen LogP contribution is 2.44. The number of ketones is 2. The van der Waals surface area contributed by atoms with Crippen molar-refractivity contribution in [2.24, 2.45) is 0 Å². The number of amides is 1. The number of anilines is 2. The summed E-state index contributed by atoms with van der Waals surface area (Å²) >= 11 is 2.31. The van der Waals surface area contributed by atoms with E-state index >= 15 is 0 Å². The number of aliphatic hydroxyl groups is 1. The average molecular weight is 525 g/mol. The molecule has 8 nitrogen and oxygen atoms in total. The minimum atomic E-state index is -0.900. The first kappa shape index (κ1) is 25.7. The third kappa shape index (κ3) is 4.35. The summed E-state index contributed by atoms with van der Waals surface area (Å²) in [5.41, 5.74) is 2.70. The lowest BCUT2D eigenvalue weighted by Crippen LogP contribution is -2.31. The Morgan fingerprint density at radius 2 is 1.61 bits per heavy atom. The van der Waals surface area contributed by atoms with E-state index in [-0.39, 0.29) is 16.5 Å². The molecule has 0 fully saturated rings. The van der Waals surface area contributed by atoms with Gasteiger partial charge in [0.1, 0.15) is 0 Å². The molecule has 0 aliphatic carbocycles. The predicted octanol–water partition coefficient (Wildman–Crippen LogP) is 5.36. The Morgan fingerprint density at radius 1 is 1.00 bits per heavy atom. The molecule has 2 aromatic heterocycles. The summed E-state index contributed by atoms with van der Waals surface area (Å²) in [5.74, 6) is -1.93. The number of hydrogen-bond acceptors (Lipinski definition) is 9. The first-order valence-corrected chi connectivity index (χ1v) is 13.3. The summed E-state index contributed by atoms with van der Waals surface area (Å²) in [6.07, 6.45) is 0. The highest BCUT2D eigenvalue weighted by molar-refractivity contribution is 7.17. The van der Waals surface area contributed by atoms with Crippen LogP contribution in [0.1, 0.15) is 68.1 Å². The minimum Gasteiger partial charge on any atom is -0.503 e. The van der Waals surface area contributed by atoms with Gasteiger partial charge in [0.15, 0.2) is 16.7 Å². The van der Waals surface area contributed by atoms with Crippen molar-refractivity contribution < 1.29 is 19.5 Å². The molecular formula is C26H28N4O4S2. The predicted molar refractivity (Wildman–Crippen MR) is 143 cm³/mol. The number of thiazole rings is 2. The van der Waals surface area contributed by atoms with Crippen LogP contribution in [0.2, 0.25) is 0 Å². The zero-order valence-electron chi connectivity index (χ0n) is 21.1. The second-order valence-corrected chi connectivity index (χ2v) is 10.7. The summed E-state index contributed by atoms with van der Waals surface area (Å²) in [5, 5.41) is 12.0. The molecule has 1 aliphatic rings. The fraction of sp³-hybridized carbons (Fsp3) is 0.346. The lowest BCUT2D eigenvalue weighted by molar-refractivity contribution is -0.117. The van der Waals surface area contributed by atoms with Gasteiger partial charge in [-0.05, 0) is 52.3 Å². The van der Waals surface area contributed by atoms with Crippen LogP contribution in [0.4, 0.5) is 10.8 Å². The van der Waals surface area contributed by atoms with Crippen molar-refractivity contribution in [1.29, 1.82) is 0 Å². The maximum atomic E-state index is 13.7. The van der Waals surface area contributed by atoms with Crippen molar-refractivity contribution in [3.63, 3.8) is 0 Å². The zero-order chi connectivity index (χ0) is 26.3. The Labute approximate surface area is 217 Å². The van der Waals surface area contributed by atoms with Gasteiger partial charge in [-0.1, -0.05) is 23.5 Å². The summed E-state index contributed by atoms with van der Waals surface area (Å²) in [7, 11) is 0. The number of benzene rings is 1. The molecule has 36 heavy (non-hydrogen) atoms. The van der Waals surface area contributed by atoms with Gasteiger partial charge in [0.2, 0.25) is 5.78 Å². The van der Waals surface area contributed by atoms with Gasteiger partial charge >= 0.3 is 0 Å². The zero-order valence-corrected chi connectivity index (χ0v) is 22.7. The third-order valence-corrected chi connectivity index (χ3v) is 8.54. The van der Waals surface area contributed by atoms with E-state index in [4.69, 9.17) is 0 Å². The minimum absolute atomic E-state index is 0.0143. The van der Waals surface area contributed by atoms with Gasteiger partial charge in [0.25, 0.3) is 5.91 Å². The normalized spacial score (nSPS) is 15.7. The summed E-state index contributed by atoms with van der Waals surface area (Å²) in [4.78, 5) is 52.4. The number of rotatable bonds is 8. The van der Waals surface area contributed by atoms with Crippen molar-refractivity contribution >= 4 is 51.0 Å². The molecule has 3 heterocycles. The smallest absolute Gasteiger partial charge is 0.296 e. The first-order chi connectivity index (χ1) is 17.1. The van der Waals surface area contributed by atoms with Crippen LogP contribution in [-0.2, 0) is 4.79 Å². The number of carbonyl (C=O) groups is 3. The maximum absolute atomic E-state index is 13.7. The molecule has 1 unspecified atom stereocenters. The van der Waals surface area contributed by atoms with Crippen molar-refractivity contribution in [3.8, 4) is 0 Å². The van der Waals surface area contributed by atoms with E-state index in [0.717, 1.165) is 35.1 Å². The quantitative estimate of drug-likeness (QED) is 0.396. The van der Waals surface area contributed by atoms with Crippen LogP contribution >= 0.6 is 22.7 Å². The van der Waals surface area contributed by atoms with Gasteiger partial charge in [-0.25, -0.2) is 9.97 Å². The second-order valence-electron chi connectivity index (χ2n) is 8.55. The Hall–Kier alpha value is -3.37. The summed E-state index contributed by atoms with van der Waals surface area (Å²) in [6.45, 7) is 12.5. The van der Waals surface area contributed by atoms with Gasteiger partial charge in [-0.3, -0.25) is 19.3 Å². The number of aliphatic hydroxyl groups excluding tert-OH is 1. The van der Waals surface area contributed by atoms with E-state index in [1.807, 2.05) is 24.3 Å². The SMILES string of the molecule is CCN(CC)c1ccc(C2C(C(=O)c3sc(C)nc3C)=C(O)C(=O)N2c2nc(C)c(C(C)=O)s2)cc1. The van der Waals surface area contributed by atoms with Crippen LogP contribution in [0.15, 0.2) is 35.6 Å². The second kappa shape index (κ2) is 9.94. The van der Waals surface area contributed by atoms with Crippen molar-refractivity contribution in [3.05, 3.63) is 67.3 Å². The van der Waals surface area contributed by atoms with Crippen molar-refractivity contribution in [2.75, 3.05) is 22.9 Å². The van der Waals surface area contributed by atoms with Crippen LogP contribution in [0.3, 0.4) is 0 Å². The molecule has 1 amide bonds. The molecule has 4 rings (SSSR count). The molecular weight excluding hydrogens is 496 g/mol. The highest BCUT2D eigenvalue weighted by atomic mass is 32.1. The first-order valence-electron chi connectivity index (χ1n) is 11.7. The van der Waals surface area contributed by atoms with Gasteiger partial charge in [-0.2, -0.15) is 0 Å². The molecule has 10 heteroatoms. The van der Waals surface area contributed by atoms with Gasteiger partial charge < -0.3 is 10.0 Å². The van der Waals surface area contributed by atoms with Crippen LogP contribution in [-0.4, -0.2) is 45.6 Å². The molecule has 0 spiro atoms. The number of Topliss-reactive ketones (excluding diaryl/α,β-unsaturated/α-hetero) is 2. The molecule has 1 aromatic carbocycles. The molecule has 0 saturated heterocycles. The monoisotopic (exact) mass is 524 g/mol. The number of hydrogen-bond donors (Lipinski definition) is 1. The van der Waals surface area contributed by atoms with E-state index in [0.29, 0.717) is 26.7 Å². The summed E-state index contributed by atoms with van der Waals surface area (Å²) in [6, 6.07) is 6.71. The molecule has 0 radical (unpaired) electrons. The van der Waals surface area contributed by atoms with E-state index < -0.39 is 23.5 Å². The Bertz CT molecular complexity index is 1380. The number of aromatic nitrogens is 2. The van der Waals surface area contributed by atoms with Crippen molar-refractivity contribution in [2.45, 2.75) is 47.6 Å². The Kier molecular flexibility index (Phi) is 7.10. The topological polar surface area (TPSA) is 104 Å². The fourth-order valence-electron chi connectivity index (χ4n) is 4.48. The lowest BCUT2D eigenvalue weighted by Gasteiger charge is -2.26. The molecule has 1 aliphatic heterocycles. The van der Waals surface area contributed by atoms with Crippen LogP contribution < -0.4 is 9.80 Å². The van der Waals surface area contributed by atoms with Crippen molar-refractivity contribution in [1.82, 2.24) is 9.97 Å². The van der Waals surface area contributed by atoms with Crippen LogP contribution in [0.5, 0.6) is 0 Å². The van der Waals surface area contributed by atoms with Crippen LogP contribution in [0.25, 0.3) is 0 Å². The summed E-state index contributed by atoms with van der Waals surface area (Å²) < 4.78 is 0. The van der Waals surface area contributed by atoms with E-state index in [1.165, 1.54) is 23.2 Å². The van der Waals surface area contributed by atoms with E-state index in [2.05, 4.69) is 28.7 Å². The van der Waals surface area contributed by atoms with Gasteiger partial charge in [0, 0.05) is 25.7 Å². The Balaban J connectivity index is 1.87. The largest absolute Gasteiger partial charge is 0.503 e. The molecule has 0 saturated carbocycles. The number of aryl methyl sites for hydroxylation is 3. The standard InChI is InChI=1S/C26H28N4O4S2/c1-7-29(8-2)18-11-9-17(10-12-18)20-19(21(32)24-14(4)27-16(6)35-24)22(33)25(34)30(20)26-28-13(3)23(36-26)15(5)31/h9-12,20,33H,7-8H2,1-6H3. The molecule has 188 valence electrons. The fourth-order valence-corrected chi connectivity index (χ4v) is 6.35. The number of nitrogens with zero attached hydrogens (tertiary/aromatic N) is 4. The molecule has 1 N–H and O–H groups in total.